The molecule has 3 nitrogen and oxygen atoms in total. The number of hydrogen-bond donors (Lipinski definition) is 1. The number of rotatable bonds is 1. The maximum atomic E-state index is 12.2. The fourth-order valence-electron chi connectivity index (χ4n) is 2.06. The topological polar surface area (TPSA) is 44.2 Å². The number of alkyl halides is 1. The minimum atomic E-state index is -0.517. The van der Waals surface area contributed by atoms with E-state index >= 15 is 0 Å². The Bertz CT molecular complexity index is 577. The maximum Gasteiger partial charge on any atom is 0.242 e. The maximum absolute atomic E-state index is 12.2. The molecule has 8 heteroatoms. The van der Waals surface area contributed by atoms with Crippen LogP contribution in [-0.2, 0) is 10.2 Å². The number of likely N-dealkylation sites (tertiary alicyclic amines) is 1. The van der Waals surface area contributed by atoms with Gasteiger partial charge in [-0.15, -0.1) is 11.3 Å². The molecule has 1 aliphatic heterocycles. The van der Waals surface area contributed by atoms with E-state index in [9.17, 15) is 4.79 Å². The predicted octanol–water partition coefficient (Wildman–Crippen LogP) is 4.79. The van der Waals surface area contributed by atoms with Gasteiger partial charge in [-0.2, -0.15) is 0 Å². The molecule has 0 bridgehead atoms. The molecular formula is C11H10Br3ClN2OS. The third kappa shape index (κ3) is 2.46. The minimum Gasteiger partial charge on any atom is -0.303 e. The zero-order valence-corrected chi connectivity index (χ0v) is 16.4. The van der Waals surface area contributed by atoms with E-state index in [4.69, 9.17) is 17.0 Å². The molecule has 104 valence electrons. The van der Waals surface area contributed by atoms with Crippen molar-refractivity contribution in [3.8, 4) is 0 Å². The highest BCUT2D eigenvalue weighted by Crippen LogP contribution is 2.51. The van der Waals surface area contributed by atoms with Gasteiger partial charge in [-0.3, -0.25) is 10.2 Å². The van der Waals surface area contributed by atoms with E-state index in [1.54, 1.807) is 7.05 Å². The van der Waals surface area contributed by atoms with Crippen molar-refractivity contribution in [2.45, 2.75) is 23.6 Å². The summed E-state index contributed by atoms with van der Waals surface area (Å²) in [6.45, 7) is 1.96. The van der Waals surface area contributed by atoms with Crippen LogP contribution in [0.3, 0.4) is 0 Å². The second-order valence-electron chi connectivity index (χ2n) is 4.63. The first kappa shape index (κ1) is 15.9. The van der Waals surface area contributed by atoms with Crippen molar-refractivity contribution in [2.24, 2.45) is 0 Å². The molecule has 1 aromatic rings. The van der Waals surface area contributed by atoms with Crippen molar-refractivity contribution in [3.05, 3.63) is 18.2 Å². The number of amidine groups is 1. The molecule has 0 unspecified atom stereocenters. The van der Waals surface area contributed by atoms with Crippen LogP contribution < -0.4 is 0 Å². The molecule has 19 heavy (non-hydrogen) atoms. The molecule has 2 heterocycles. The second-order valence-corrected chi connectivity index (χ2v) is 9.06. The van der Waals surface area contributed by atoms with Crippen molar-refractivity contribution in [2.75, 3.05) is 7.05 Å². The lowest BCUT2D eigenvalue weighted by Crippen LogP contribution is -2.54. The van der Waals surface area contributed by atoms with Gasteiger partial charge in [-0.1, -0.05) is 34.5 Å². The fraction of sp³-hybridized carbons (Fsp3) is 0.455. The summed E-state index contributed by atoms with van der Waals surface area (Å²) in [5.74, 6) is 0.190. The fourth-order valence-corrected chi connectivity index (χ4v) is 5.75. The van der Waals surface area contributed by atoms with Gasteiger partial charge in [-0.05, 0) is 31.9 Å². The van der Waals surface area contributed by atoms with Gasteiger partial charge in [0.05, 0.1) is 13.3 Å². The van der Waals surface area contributed by atoms with Gasteiger partial charge in [0.15, 0.2) is 0 Å². The summed E-state index contributed by atoms with van der Waals surface area (Å²) in [5, 5.41) is 8.58. The Kier molecular flexibility index (Phi) is 4.54. The average Bonchev–Trinajstić information content (AvgIpc) is 2.62. The zero-order chi connectivity index (χ0) is 14.5. The number of carbonyl (C=O) groups is 1. The molecule has 1 N–H and O–H groups in total. The van der Waals surface area contributed by atoms with E-state index < -0.39 is 10.2 Å². The number of nitrogens with one attached hydrogen (secondary N) is 1. The number of thiophene rings is 1. The van der Waals surface area contributed by atoms with Gasteiger partial charge < -0.3 is 4.90 Å². The SMILES string of the molecule is CN1C(=N)C[C@](C)(c2sc(Br)c(Br)c2Cl)[C@@H](Br)C1=O. The summed E-state index contributed by atoms with van der Waals surface area (Å²) >= 11 is 18.2. The Labute approximate surface area is 145 Å². The van der Waals surface area contributed by atoms with Crippen LogP contribution in [0.15, 0.2) is 8.26 Å². The molecule has 1 fully saturated rings. The normalized spacial score (nSPS) is 28.1. The van der Waals surface area contributed by atoms with E-state index in [1.165, 1.54) is 16.2 Å². The van der Waals surface area contributed by atoms with Gasteiger partial charge >= 0.3 is 0 Å². The Morgan fingerprint density at radius 3 is 2.58 bits per heavy atom. The smallest absolute Gasteiger partial charge is 0.242 e. The van der Waals surface area contributed by atoms with Crippen molar-refractivity contribution >= 4 is 82.5 Å². The number of carbonyl (C=O) groups excluding carboxylic acids is 1. The van der Waals surface area contributed by atoms with Crippen LogP contribution in [0, 0.1) is 5.41 Å². The molecule has 1 aromatic heterocycles. The first-order valence-electron chi connectivity index (χ1n) is 5.33. The summed E-state index contributed by atoms with van der Waals surface area (Å²) in [6, 6.07) is 0. The molecule has 1 aliphatic rings. The van der Waals surface area contributed by atoms with Gasteiger partial charge in [0.1, 0.15) is 10.7 Å². The number of hydrogen-bond acceptors (Lipinski definition) is 3. The van der Waals surface area contributed by atoms with Crippen molar-refractivity contribution < 1.29 is 4.79 Å². The lowest BCUT2D eigenvalue weighted by Gasteiger charge is -2.41. The third-order valence-electron chi connectivity index (χ3n) is 3.32. The summed E-state index contributed by atoms with van der Waals surface area (Å²) in [5.41, 5.74) is -0.517. The monoisotopic (exact) mass is 490 g/mol. The standard InChI is InChI=1S/C11H10Br3ClN2OS/c1-11(8-6(15)5(12)9(14)19-8)3-4(16)17(2)10(18)7(11)13/h7,16H,3H2,1-2H3/t7-,11-/m0/s1. The largest absolute Gasteiger partial charge is 0.303 e. The van der Waals surface area contributed by atoms with Crippen LogP contribution in [0.5, 0.6) is 0 Å². The molecule has 0 spiro atoms. The molecule has 0 aromatic carbocycles. The molecule has 0 radical (unpaired) electrons. The highest BCUT2D eigenvalue weighted by Gasteiger charge is 2.48. The number of piperidine rings is 1. The van der Waals surface area contributed by atoms with E-state index in [0.717, 1.165) is 13.1 Å². The van der Waals surface area contributed by atoms with Crippen LogP contribution in [0.25, 0.3) is 0 Å². The lowest BCUT2D eigenvalue weighted by atomic mass is 9.78. The van der Waals surface area contributed by atoms with Crippen LogP contribution in [0.2, 0.25) is 5.02 Å². The lowest BCUT2D eigenvalue weighted by molar-refractivity contribution is -0.128. The number of halogens is 4. The average molecular weight is 493 g/mol. The minimum absolute atomic E-state index is 0.115. The highest BCUT2D eigenvalue weighted by molar-refractivity contribution is 9.13. The zero-order valence-electron chi connectivity index (χ0n) is 10.1. The first-order valence-corrected chi connectivity index (χ1v) is 9.02. The van der Waals surface area contributed by atoms with Gasteiger partial charge in [0.25, 0.3) is 0 Å². The third-order valence-corrected chi connectivity index (χ3v) is 9.17. The first-order chi connectivity index (χ1) is 8.70. The predicted molar refractivity (Wildman–Crippen MR) is 89.9 cm³/mol. The van der Waals surface area contributed by atoms with Gasteiger partial charge in [-0.25, -0.2) is 0 Å². The highest BCUT2D eigenvalue weighted by atomic mass is 79.9. The second kappa shape index (κ2) is 5.40. The quantitative estimate of drug-likeness (QED) is 0.562. The summed E-state index contributed by atoms with van der Waals surface area (Å²) in [6.07, 6.45) is 0.463. The Hall–Kier alpha value is 0.570. The summed E-state index contributed by atoms with van der Waals surface area (Å²) in [7, 11) is 1.63. The van der Waals surface area contributed by atoms with Gasteiger partial charge in [0.2, 0.25) is 5.91 Å². The molecule has 0 aliphatic carbocycles. The number of amides is 1. The van der Waals surface area contributed by atoms with E-state index in [0.29, 0.717) is 17.3 Å². The molecule has 1 saturated heterocycles. The van der Waals surface area contributed by atoms with Crippen molar-refractivity contribution in [1.82, 2.24) is 4.90 Å². The van der Waals surface area contributed by atoms with Crippen molar-refractivity contribution in [3.63, 3.8) is 0 Å². The van der Waals surface area contributed by atoms with Crippen molar-refractivity contribution in [1.29, 1.82) is 5.41 Å². The molecule has 1 amide bonds. The molecule has 2 atom stereocenters. The Morgan fingerprint density at radius 2 is 2.11 bits per heavy atom. The van der Waals surface area contributed by atoms with E-state index in [1.807, 2.05) is 6.92 Å². The molecule has 0 saturated carbocycles. The van der Waals surface area contributed by atoms with Gasteiger partial charge in [0, 0.05) is 23.8 Å². The summed E-state index contributed by atoms with van der Waals surface area (Å²) < 4.78 is 1.69. The van der Waals surface area contributed by atoms with Crippen LogP contribution in [-0.4, -0.2) is 28.5 Å². The van der Waals surface area contributed by atoms with Crippen LogP contribution >= 0.6 is 70.7 Å². The van der Waals surface area contributed by atoms with Crippen LogP contribution in [0.4, 0.5) is 0 Å². The summed E-state index contributed by atoms with van der Waals surface area (Å²) in [4.78, 5) is 14.1. The number of nitrogens with zero attached hydrogens (tertiary/aromatic N) is 1. The molecule has 2 rings (SSSR count). The van der Waals surface area contributed by atoms with E-state index in [-0.39, 0.29) is 5.91 Å². The Morgan fingerprint density at radius 1 is 1.53 bits per heavy atom. The molecular weight excluding hydrogens is 483 g/mol. The Balaban J connectivity index is 2.55. The van der Waals surface area contributed by atoms with E-state index in [2.05, 4.69) is 47.8 Å². The van der Waals surface area contributed by atoms with Crippen LogP contribution in [0.1, 0.15) is 18.2 Å².